The molecule has 1 aliphatic heterocycles. The van der Waals surface area contributed by atoms with E-state index in [1.807, 2.05) is 22.7 Å². The molecule has 7 heteroatoms. The molecule has 0 bridgehead atoms. The first kappa shape index (κ1) is 16.0. The third kappa shape index (κ3) is 3.24. The molecule has 1 aliphatic rings. The Balaban J connectivity index is 1.62. The van der Waals surface area contributed by atoms with Crippen molar-refractivity contribution in [1.29, 1.82) is 0 Å². The summed E-state index contributed by atoms with van der Waals surface area (Å²) in [5, 5.41) is 0. The van der Waals surface area contributed by atoms with Gasteiger partial charge < -0.3 is 19.9 Å². The molecule has 1 atom stereocenters. The van der Waals surface area contributed by atoms with Gasteiger partial charge in [0.25, 0.3) is 5.91 Å². The Labute approximate surface area is 140 Å². The fourth-order valence-electron chi connectivity index (χ4n) is 2.98. The number of rotatable bonds is 5. The summed E-state index contributed by atoms with van der Waals surface area (Å²) >= 11 is 0. The molecule has 1 fully saturated rings. The summed E-state index contributed by atoms with van der Waals surface area (Å²) in [4.78, 5) is 29.7. The topological polar surface area (TPSA) is 90.4 Å². The summed E-state index contributed by atoms with van der Waals surface area (Å²) in [6, 6.07) is 6.42. The highest BCUT2D eigenvalue weighted by atomic mass is 16.5. The summed E-state index contributed by atoms with van der Waals surface area (Å²) < 4.78 is 7.48. The summed E-state index contributed by atoms with van der Waals surface area (Å²) in [7, 11) is 1.93. The fourth-order valence-corrected chi connectivity index (χ4v) is 2.98. The third-order valence-electron chi connectivity index (χ3n) is 4.23. The second-order valence-corrected chi connectivity index (χ2v) is 5.82. The Kier molecular flexibility index (Phi) is 4.50. The lowest BCUT2D eigenvalue weighted by molar-refractivity contribution is -0.134. The summed E-state index contributed by atoms with van der Waals surface area (Å²) in [5.41, 5.74) is 5.60. The molecule has 1 saturated heterocycles. The molecule has 2 N–H and O–H groups in total. The van der Waals surface area contributed by atoms with Crippen LogP contribution in [0, 0.1) is 0 Å². The number of benzene rings is 1. The molecule has 3 rings (SSSR count). The van der Waals surface area contributed by atoms with Crippen LogP contribution in [0.25, 0.3) is 0 Å². The second kappa shape index (κ2) is 6.74. The van der Waals surface area contributed by atoms with Gasteiger partial charge in [0.05, 0.1) is 6.04 Å². The van der Waals surface area contributed by atoms with Crippen LogP contribution in [-0.2, 0) is 11.8 Å². The summed E-state index contributed by atoms with van der Waals surface area (Å²) in [5.74, 6) is 0.861. The number of aromatic nitrogens is 2. The number of amides is 2. The van der Waals surface area contributed by atoms with E-state index in [-0.39, 0.29) is 18.6 Å². The van der Waals surface area contributed by atoms with E-state index in [2.05, 4.69) is 4.98 Å². The van der Waals surface area contributed by atoms with E-state index in [1.165, 1.54) is 0 Å². The van der Waals surface area contributed by atoms with E-state index in [0.29, 0.717) is 17.9 Å². The normalized spacial score (nSPS) is 17.0. The zero-order valence-electron chi connectivity index (χ0n) is 13.5. The molecule has 24 heavy (non-hydrogen) atoms. The van der Waals surface area contributed by atoms with Gasteiger partial charge in [-0.05, 0) is 37.1 Å². The zero-order valence-corrected chi connectivity index (χ0v) is 13.5. The molecule has 0 aliphatic carbocycles. The van der Waals surface area contributed by atoms with E-state index in [1.54, 1.807) is 30.5 Å². The molecule has 2 heterocycles. The van der Waals surface area contributed by atoms with Crippen LogP contribution in [0.3, 0.4) is 0 Å². The molecule has 0 radical (unpaired) electrons. The van der Waals surface area contributed by atoms with Crippen LogP contribution in [0.2, 0.25) is 0 Å². The standard InChI is InChI=1S/C17H20N4O3/c1-20-10-8-19-17(20)14-3-2-9-21(14)15(22)11-24-13-6-4-12(5-7-13)16(18)23/h4-8,10,14H,2-3,9,11H2,1H3,(H2,18,23). The molecule has 2 aromatic rings. The first-order chi connectivity index (χ1) is 11.6. The smallest absolute Gasteiger partial charge is 0.261 e. The van der Waals surface area contributed by atoms with Crippen LogP contribution in [0.1, 0.15) is 35.1 Å². The summed E-state index contributed by atoms with van der Waals surface area (Å²) in [6.45, 7) is 0.664. The van der Waals surface area contributed by atoms with Crippen molar-refractivity contribution in [1.82, 2.24) is 14.5 Å². The maximum atomic E-state index is 12.5. The van der Waals surface area contributed by atoms with Crippen LogP contribution >= 0.6 is 0 Å². The number of carbonyl (C=O) groups is 2. The molecule has 0 saturated carbocycles. The van der Waals surface area contributed by atoms with Gasteiger partial charge in [-0.1, -0.05) is 0 Å². The van der Waals surface area contributed by atoms with E-state index < -0.39 is 5.91 Å². The quantitative estimate of drug-likeness (QED) is 0.894. The largest absolute Gasteiger partial charge is 0.484 e. The molecule has 1 aromatic carbocycles. The first-order valence-electron chi connectivity index (χ1n) is 7.85. The van der Waals surface area contributed by atoms with E-state index in [0.717, 1.165) is 18.7 Å². The van der Waals surface area contributed by atoms with Crippen molar-refractivity contribution in [2.24, 2.45) is 12.8 Å². The Morgan fingerprint density at radius 3 is 2.71 bits per heavy atom. The predicted octanol–water partition coefficient (Wildman–Crippen LogP) is 1.26. The van der Waals surface area contributed by atoms with Crippen molar-refractivity contribution >= 4 is 11.8 Å². The maximum absolute atomic E-state index is 12.5. The van der Waals surface area contributed by atoms with Gasteiger partial charge in [0.2, 0.25) is 5.91 Å². The minimum atomic E-state index is -0.493. The van der Waals surface area contributed by atoms with Crippen molar-refractivity contribution in [2.75, 3.05) is 13.2 Å². The average Bonchev–Trinajstić information content (AvgIpc) is 3.21. The van der Waals surface area contributed by atoms with Crippen LogP contribution in [-0.4, -0.2) is 39.4 Å². The molecule has 1 aromatic heterocycles. The van der Waals surface area contributed by atoms with Crippen LogP contribution in [0.4, 0.5) is 0 Å². The maximum Gasteiger partial charge on any atom is 0.261 e. The first-order valence-corrected chi connectivity index (χ1v) is 7.85. The Morgan fingerprint density at radius 2 is 2.08 bits per heavy atom. The van der Waals surface area contributed by atoms with E-state index in [9.17, 15) is 9.59 Å². The number of hydrogen-bond acceptors (Lipinski definition) is 4. The zero-order chi connectivity index (χ0) is 17.1. The second-order valence-electron chi connectivity index (χ2n) is 5.82. The van der Waals surface area contributed by atoms with Gasteiger partial charge in [0.15, 0.2) is 6.61 Å². The monoisotopic (exact) mass is 328 g/mol. The van der Waals surface area contributed by atoms with Crippen molar-refractivity contribution in [3.05, 3.63) is 48.0 Å². The highest BCUT2D eigenvalue weighted by molar-refractivity contribution is 5.92. The molecule has 126 valence electrons. The number of nitrogens with zero attached hydrogens (tertiary/aromatic N) is 3. The lowest BCUT2D eigenvalue weighted by Crippen LogP contribution is -2.35. The molecular formula is C17H20N4O3. The minimum Gasteiger partial charge on any atom is -0.484 e. The van der Waals surface area contributed by atoms with Crippen LogP contribution < -0.4 is 10.5 Å². The predicted molar refractivity (Wildman–Crippen MR) is 87.4 cm³/mol. The van der Waals surface area contributed by atoms with Gasteiger partial charge >= 0.3 is 0 Å². The van der Waals surface area contributed by atoms with Gasteiger partial charge in [-0.25, -0.2) is 4.98 Å². The third-order valence-corrected chi connectivity index (χ3v) is 4.23. The Morgan fingerprint density at radius 1 is 1.33 bits per heavy atom. The van der Waals surface area contributed by atoms with E-state index >= 15 is 0 Å². The molecule has 7 nitrogen and oxygen atoms in total. The number of likely N-dealkylation sites (tertiary alicyclic amines) is 1. The number of carbonyl (C=O) groups excluding carboxylic acids is 2. The molecular weight excluding hydrogens is 308 g/mol. The number of nitrogens with two attached hydrogens (primary N) is 1. The lowest BCUT2D eigenvalue weighted by Gasteiger charge is -2.24. The highest BCUT2D eigenvalue weighted by Crippen LogP contribution is 2.30. The lowest BCUT2D eigenvalue weighted by atomic mass is 10.2. The minimum absolute atomic E-state index is 0.00154. The van der Waals surface area contributed by atoms with Crippen molar-refractivity contribution < 1.29 is 14.3 Å². The number of aryl methyl sites for hydroxylation is 1. The molecule has 0 spiro atoms. The Bertz CT molecular complexity index is 739. The van der Waals surface area contributed by atoms with Gasteiger partial charge in [0.1, 0.15) is 11.6 Å². The van der Waals surface area contributed by atoms with Gasteiger partial charge in [-0.15, -0.1) is 0 Å². The van der Waals surface area contributed by atoms with Crippen molar-refractivity contribution in [2.45, 2.75) is 18.9 Å². The number of hydrogen-bond donors (Lipinski definition) is 1. The van der Waals surface area contributed by atoms with Gasteiger partial charge in [0, 0.05) is 31.5 Å². The SMILES string of the molecule is Cn1ccnc1C1CCCN1C(=O)COc1ccc(C(N)=O)cc1. The molecule has 2 amide bonds. The molecule has 1 unspecified atom stereocenters. The average molecular weight is 328 g/mol. The van der Waals surface area contributed by atoms with E-state index in [4.69, 9.17) is 10.5 Å². The van der Waals surface area contributed by atoms with Crippen molar-refractivity contribution in [3.63, 3.8) is 0 Å². The van der Waals surface area contributed by atoms with Crippen LogP contribution in [0.15, 0.2) is 36.7 Å². The fraction of sp³-hybridized carbons (Fsp3) is 0.353. The van der Waals surface area contributed by atoms with Crippen molar-refractivity contribution in [3.8, 4) is 5.75 Å². The number of primary amides is 1. The summed E-state index contributed by atoms with van der Waals surface area (Å²) in [6.07, 6.45) is 5.49. The number of imidazole rings is 1. The Hall–Kier alpha value is -2.83. The van der Waals surface area contributed by atoms with Gasteiger partial charge in [-0.2, -0.15) is 0 Å². The van der Waals surface area contributed by atoms with Gasteiger partial charge in [-0.3, -0.25) is 9.59 Å². The number of ether oxygens (including phenoxy) is 1. The highest BCUT2D eigenvalue weighted by Gasteiger charge is 2.32. The van der Waals surface area contributed by atoms with Crippen LogP contribution in [0.5, 0.6) is 5.75 Å².